The number of benzene rings is 1. The number of aromatic nitrogens is 1. The first kappa shape index (κ1) is 11.5. The van der Waals surface area contributed by atoms with Gasteiger partial charge in [-0.05, 0) is 13.0 Å². The molecule has 0 atom stereocenters. The molecule has 0 unspecified atom stereocenters. The van der Waals surface area contributed by atoms with Gasteiger partial charge in [0.1, 0.15) is 10.7 Å². The van der Waals surface area contributed by atoms with Gasteiger partial charge in [-0.2, -0.15) is 0 Å². The van der Waals surface area contributed by atoms with E-state index in [9.17, 15) is 10.1 Å². The predicted octanol–water partition coefficient (Wildman–Crippen LogP) is 2.97. The van der Waals surface area contributed by atoms with Crippen LogP contribution in [0.1, 0.15) is 10.6 Å². The molecule has 0 aliphatic heterocycles. The molecule has 0 aliphatic carbocycles. The van der Waals surface area contributed by atoms with Crippen LogP contribution >= 0.6 is 11.3 Å². The number of para-hydroxylation sites is 1. The molecule has 1 aromatic carbocycles. The molecule has 0 saturated carbocycles. The Labute approximate surface area is 102 Å². The zero-order valence-electron chi connectivity index (χ0n) is 9.21. The van der Waals surface area contributed by atoms with Gasteiger partial charge in [0.25, 0.3) is 5.69 Å². The summed E-state index contributed by atoms with van der Waals surface area (Å²) in [6.07, 6.45) is 1.71. The van der Waals surface area contributed by atoms with Gasteiger partial charge in [0.15, 0.2) is 0 Å². The van der Waals surface area contributed by atoms with Crippen LogP contribution in [0.15, 0.2) is 29.8 Å². The van der Waals surface area contributed by atoms with Crippen molar-refractivity contribution in [3.8, 4) is 0 Å². The average molecular weight is 249 g/mol. The molecule has 6 heteroatoms. The summed E-state index contributed by atoms with van der Waals surface area (Å²) in [7, 11) is 0. The molecule has 0 saturated heterocycles. The Kier molecular flexibility index (Phi) is 3.34. The highest BCUT2D eigenvalue weighted by atomic mass is 32.1. The highest BCUT2D eigenvalue weighted by Crippen LogP contribution is 2.28. The van der Waals surface area contributed by atoms with Crippen molar-refractivity contribution in [1.82, 2.24) is 4.98 Å². The molecular weight excluding hydrogens is 238 g/mol. The summed E-state index contributed by atoms with van der Waals surface area (Å²) in [5, 5.41) is 16.8. The first-order valence-electron chi connectivity index (χ1n) is 5.04. The van der Waals surface area contributed by atoms with Crippen LogP contribution in [-0.2, 0) is 6.54 Å². The molecule has 1 aromatic heterocycles. The molecule has 2 rings (SSSR count). The maximum absolute atomic E-state index is 11.0. The SMILES string of the molecule is Cc1cccc(NCc2nccs2)c1[N+](=O)[O-]. The Hall–Kier alpha value is -1.95. The summed E-state index contributed by atoms with van der Waals surface area (Å²) >= 11 is 1.52. The van der Waals surface area contributed by atoms with Crippen LogP contribution in [0.25, 0.3) is 0 Å². The zero-order valence-corrected chi connectivity index (χ0v) is 10.0. The first-order valence-corrected chi connectivity index (χ1v) is 5.92. The van der Waals surface area contributed by atoms with Crippen molar-refractivity contribution in [2.75, 3.05) is 5.32 Å². The molecule has 0 spiro atoms. The quantitative estimate of drug-likeness (QED) is 0.668. The lowest BCUT2D eigenvalue weighted by Crippen LogP contribution is -2.03. The molecule has 88 valence electrons. The third-order valence-electron chi connectivity index (χ3n) is 2.33. The van der Waals surface area contributed by atoms with E-state index in [1.807, 2.05) is 5.38 Å². The summed E-state index contributed by atoms with van der Waals surface area (Å²) in [5.41, 5.74) is 1.31. The number of hydrogen-bond donors (Lipinski definition) is 1. The molecule has 0 amide bonds. The summed E-state index contributed by atoms with van der Waals surface area (Å²) in [6.45, 7) is 2.23. The highest BCUT2D eigenvalue weighted by Gasteiger charge is 2.16. The van der Waals surface area contributed by atoms with Crippen molar-refractivity contribution in [2.45, 2.75) is 13.5 Å². The first-order chi connectivity index (χ1) is 8.18. The third kappa shape index (κ3) is 2.59. The Balaban J connectivity index is 2.21. The van der Waals surface area contributed by atoms with E-state index < -0.39 is 0 Å². The molecule has 0 aliphatic rings. The predicted molar refractivity (Wildman–Crippen MR) is 67.3 cm³/mol. The van der Waals surface area contributed by atoms with E-state index in [1.54, 1.807) is 31.3 Å². The molecule has 17 heavy (non-hydrogen) atoms. The topological polar surface area (TPSA) is 68.1 Å². The monoisotopic (exact) mass is 249 g/mol. The van der Waals surface area contributed by atoms with E-state index in [-0.39, 0.29) is 10.6 Å². The smallest absolute Gasteiger partial charge is 0.295 e. The van der Waals surface area contributed by atoms with Crippen molar-refractivity contribution in [1.29, 1.82) is 0 Å². The second-order valence-electron chi connectivity index (χ2n) is 3.51. The lowest BCUT2D eigenvalue weighted by atomic mass is 10.1. The van der Waals surface area contributed by atoms with Gasteiger partial charge in [-0.15, -0.1) is 11.3 Å². The van der Waals surface area contributed by atoms with Crippen LogP contribution in [0.5, 0.6) is 0 Å². The van der Waals surface area contributed by atoms with Crippen molar-refractivity contribution < 1.29 is 4.92 Å². The summed E-state index contributed by atoms with van der Waals surface area (Å²) in [6, 6.07) is 5.23. The molecular formula is C11H11N3O2S. The van der Waals surface area contributed by atoms with Gasteiger partial charge in [0.05, 0.1) is 11.5 Å². The fourth-order valence-electron chi connectivity index (χ4n) is 1.56. The van der Waals surface area contributed by atoms with E-state index >= 15 is 0 Å². The largest absolute Gasteiger partial charge is 0.373 e. The van der Waals surface area contributed by atoms with E-state index in [2.05, 4.69) is 10.3 Å². The van der Waals surface area contributed by atoms with Crippen LogP contribution in [0.3, 0.4) is 0 Å². The minimum absolute atomic E-state index is 0.129. The average Bonchev–Trinajstić information content (AvgIpc) is 2.78. The van der Waals surface area contributed by atoms with Gasteiger partial charge in [-0.1, -0.05) is 12.1 Å². The van der Waals surface area contributed by atoms with Crippen LogP contribution in [0, 0.1) is 17.0 Å². The van der Waals surface area contributed by atoms with Crippen molar-refractivity contribution in [3.05, 3.63) is 50.5 Å². The lowest BCUT2D eigenvalue weighted by Gasteiger charge is -2.06. The number of nitro benzene ring substituents is 1. The van der Waals surface area contributed by atoms with Gasteiger partial charge >= 0.3 is 0 Å². The van der Waals surface area contributed by atoms with Crippen LogP contribution in [0.2, 0.25) is 0 Å². The molecule has 2 aromatic rings. The highest BCUT2D eigenvalue weighted by molar-refractivity contribution is 7.09. The van der Waals surface area contributed by atoms with Gasteiger partial charge in [0, 0.05) is 17.1 Å². The zero-order chi connectivity index (χ0) is 12.3. The van der Waals surface area contributed by atoms with E-state index in [0.29, 0.717) is 17.8 Å². The minimum atomic E-state index is -0.362. The standard InChI is InChI=1S/C11H11N3O2S/c1-8-3-2-4-9(11(8)14(15)16)13-7-10-12-5-6-17-10/h2-6,13H,7H2,1H3. The van der Waals surface area contributed by atoms with Gasteiger partial charge in [0.2, 0.25) is 0 Å². The molecule has 1 N–H and O–H groups in total. The van der Waals surface area contributed by atoms with Crippen LogP contribution < -0.4 is 5.32 Å². The van der Waals surface area contributed by atoms with Crippen LogP contribution in [0.4, 0.5) is 11.4 Å². The Morgan fingerprint density at radius 3 is 3.00 bits per heavy atom. The number of rotatable bonds is 4. The molecule has 5 nitrogen and oxygen atoms in total. The lowest BCUT2D eigenvalue weighted by molar-refractivity contribution is -0.384. The van der Waals surface area contributed by atoms with Gasteiger partial charge < -0.3 is 5.32 Å². The molecule has 0 radical (unpaired) electrons. The van der Waals surface area contributed by atoms with Gasteiger partial charge in [-0.3, -0.25) is 10.1 Å². The number of nitrogens with one attached hydrogen (secondary N) is 1. The third-order valence-corrected chi connectivity index (χ3v) is 3.11. The number of aryl methyl sites for hydroxylation is 1. The number of thiazole rings is 1. The Morgan fingerprint density at radius 1 is 1.53 bits per heavy atom. The number of nitro groups is 1. The molecule has 0 bridgehead atoms. The minimum Gasteiger partial charge on any atom is -0.373 e. The van der Waals surface area contributed by atoms with Crippen LogP contribution in [-0.4, -0.2) is 9.91 Å². The van der Waals surface area contributed by atoms with E-state index in [1.165, 1.54) is 11.3 Å². The van der Waals surface area contributed by atoms with Crippen molar-refractivity contribution in [2.24, 2.45) is 0 Å². The van der Waals surface area contributed by atoms with E-state index in [0.717, 1.165) is 5.01 Å². The summed E-state index contributed by atoms with van der Waals surface area (Å²) in [4.78, 5) is 14.7. The second-order valence-corrected chi connectivity index (χ2v) is 4.49. The summed E-state index contributed by atoms with van der Waals surface area (Å²) in [5.74, 6) is 0. The van der Waals surface area contributed by atoms with Gasteiger partial charge in [-0.25, -0.2) is 4.98 Å². The molecule has 1 heterocycles. The number of anilines is 1. The second kappa shape index (κ2) is 4.92. The molecule has 0 fully saturated rings. The fourth-order valence-corrected chi connectivity index (χ4v) is 2.11. The van der Waals surface area contributed by atoms with Crippen molar-refractivity contribution >= 4 is 22.7 Å². The maximum Gasteiger partial charge on any atom is 0.295 e. The Morgan fingerprint density at radius 2 is 2.35 bits per heavy atom. The maximum atomic E-state index is 11.0. The summed E-state index contributed by atoms with van der Waals surface area (Å²) < 4.78 is 0. The number of hydrogen-bond acceptors (Lipinski definition) is 5. The number of nitrogens with zero attached hydrogens (tertiary/aromatic N) is 2. The van der Waals surface area contributed by atoms with Crippen molar-refractivity contribution in [3.63, 3.8) is 0 Å². The Bertz CT molecular complexity index is 526. The van der Waals surface area contributed by atoms with E-state index in [4.69, 9.17) is 0 Å². The normalized spacial score (nSPS) is 10.2. The fraction of sp³-hybridized carbons (Fsp3) is 0.182.